The van der Waals surface area contributed by atoms with E-state index in [2.05, 4.69) is 30.5 Å². The maximum atomic E-state index is 14.1. The van der Waals surface area contributed by atoms with Crippen LogP contribution in [-0.2, 0) is 5.60 Å². The zero-order valence-electron chi connectivity index (χ0n) is 22.7. The second kappa shape index (κ2) is 12.1. The molecule has 0 unspecified atom stereocenters. The Kier molecular flexibility index (Phi) is 8.86. The van der Waals surface area contributed by atoms with E-state index in [1.165, 1.54) is 52.3 Å². The fraction of sp³-hybridized carbons (Fsp3) is 0.423. The van der Waals surface area contributed by atoms with Crippen molar-refractivity contribution in [3.63, 3.8) is 0 Å². The van der Waals surface area contributed by atoms with Gasteiger partial charge in [0.05, 0.1) is 28.3 Å². The molecule has 0 radical (unpaired) electrons. The van der Waals surface area contributed by atoms with Crippen molar-refractivity contribution < 1.29 is 19.2 Å². The number of hydrogen-bond acceptors (Lipinski definition) is 11. The fourth-order valence-electron chi connectivity index (χ4n) is 4.51. The van der Waals surface area contributed by atoms with Gasteiger partial charge in [0.1, 0.15) is 23.6 Å². The average Bonchev–Trinajstić information content (AvgIpc) is 3.42. The molecule has 1 fully saturated rings. The van der Waals surface area contributed by atoms with E-state index >= 15 is 0 Å². The number of nitrogens with zero attached hydrogens (tertiary/aromatic N) is 6. The topological polar surface area (TPSA) is 142 Å². The molecule has 1 aliphatic rings. The van der Waals surface area contributed by atoms with Crippen LogP contribution in [0.3, 0.4) is 0 Å². The van der Waals surface area contributed by atoms with Gasteiger partial charge in [-0.1, -0.05) is 11.6 Å². The zero-order chi connectivity index (χ0) is 29.0. The summed E-state index contributed by atoms with van der Waals surface area (Å²) in [6, 6.07) is 5.45. The number of anilines is 5. The zero-order valence-corrected chi connectivity index (χ0v) is 23.5. The number of nitro groups is 1. The van der Waals surface area contributed by atoms with Gasteiger partial charge >= 0.3 is 0 Å². The molecule has 0 aliphatic carbocycles. The predicted octanol–water partition coefficient (Wildman–Crippen LogP) is 4.83. The van der Waals surface area contributed by atoms with Gasteiger partial charge in [0.15, 0.2) is 0 Å². The Balaban J connectivity index is 1.59. The van der Waals surface area contributed by atoms with Gasteiger partial charge in [-0.2, -0.15) is 4.98 Å². The lowest BCUT2D eigenvalue weighted by molar-refractivity contribution is -0.384. The van der Waals surface area contributed by atoms with E-state index in [1.54, 1.807) is 6.07 Å². The molecule has 0 saturated carbocycles. The number of nitro benzene ring substituents is 1. The van der Waals surface area contributed by atoms with E-state index in [0.717, 1.165) is 25.7 Å². The van der Waals surface area contributed by atoms with Crippen LogP contribution in [0.1, 0.15) is 32.3 Å². The van der Waals surface area contributed by atoms with Crippen LogP contribution in [0.25, 0.3) is 0 Å². The maximum absolute atomic E-state index is 14.1. The minimum absolute atomic E-state index is 0.0670. The Labute approximate surface area is 236 Å². The molecular weight excluding hydrogens is 543 g/mol. The minimum Gasteiger partial charge on any atom is -0.494 e. The van der Waals surface area contributed by atoms with Crippen LogP contribution in [0.2, 0.25) is 5.02 Å². The van der Waals surface area contributed by atoms with Gasteiger partial charge in [0.2, 0.25) is 11.9 Å². The lowest BCUT2D eigenvalue weighted by atomic mass is 9.96. The molecule has 12 nitrogen and oxygen atoms in total. The summed E-state index contributed by atoms with van der Waals surface area (Å²) in [5.41, 5.74) is -0.244. The normalized spacial score (nSPS) is 13.8. The fourth-order valence-corrected chi connectivity index (χ4v) is 4.67. The summed E-state index contributed by atoms with van der Waals surface area (Å²) in [4.78, 5) is 28.3. The monoisotopic (exact) mass is 574 g/mol. The Morgan fingerprint density at radius 2 is 1.82 bits per heavy atom. The third kappa shape index (κ3) is 6.84. The van der Waals surface area contributed by atoms with Gasteiger partial charge in [0, 0.05) is 43.5 Å². The van der Waals surface area contributed by atoms with Crippen molar-refractivity contribution in [2.45, 2.75) is 32.3 Å². The molecule has 2 aromatic carbocycles. The molecule has 3 N–H and O–H groups in total. The summed E-state index contributed by atoms with van der Waals surface area (Å²) >= 11 is 5.97. The first-order valence-electron chi connectivity index (χ1n) is 12.7. The van der Waals surface area contributed by atoms with Crippen LogP contribution in [0.4, 0.5) is 39.0 Å². The Hall–Kier alpha value is -3.81. The number of nitrogens with one attached hydrogen (secondary N) is 2. The maximum Gasteiger partial charge on any atom is 0.294 e. The summed E-state index contributed by atoms with van der Waals surface area (Å²) in [5.74, 6) is -0.185. The number of aliphatic hydroxyl groups is 1. The van der Waals surface area contributed by atoms with Gasteiger partial charge in [-0.15, -0.1) is 0 Å². The number of likely N-dealkylation sites (tertiary alicyclic amines) is 1. The SMILES string of the molecule is COc1cc(N(C)CCN2CCCC2)c([N+](=O)[O-])cc1Nc1ncnc(Nc2cc(Cl)c(F)cc2C(C)(C)O)n1. The van der Waals surface area contributed by atoms with E-state index in [1.807, 2.05) is 11.9 Å². The highest BCUT2D eigenvalue weighted by Gasteiger charge is 2.25. The van der Waals surface area contributed by atoms with E-state index in [0.29, 0.717) is 23.7 Å². The average molecular weight is 575 g/mol. The third-order valence-electron chi connectivity index (χ3n) is 6.64. The number of hydrogen-bond donors (Lipinski definition) is 3. The highest BCUT2D eigenvalue weighted by Crippen LogP contribution is 2.39. The van der Waals surface area contributed by atoms with Gasteiger partial charge in [-0.3, -0.25) is 10.1 Å². The number of aromatic nitrogens is 3. The summed E-state index contributed by atoms with van der Waals surface area (Å²) in [7, 11) is 3.29. The summed E-state index contributed by atoms with van der Waals surface area (Å²) in [6.45, 7) is 6.53. The van der Waals surface area contributed by atoms with Crippen molar-refractivity contribution in [1.29, 1.82) is 0 Å². The van der Waals surface area contributed by atoms with Crippen LogP contribution in [0.15, 0.2) is 30.6 Å². The van der Waals surface area contributed by atoms with E-state index in [-0.39, 0.29) is 33.9 Å². The quantitative estimate of drug-likeness (QED) is 0.214. The Morgan fingerprint density at radius 3 is 2.42 bits per heavy atom. The number of likely N-dealkylation sites (N-methyl/N-ethyl adjacent to an activating group) is 1. The molecule has 1 aromatic heterocycles. The summed E-state index contributed by atoms with van der Waals surface area (Å²) in [6.07, 6.45) is 3.57. The van der Waals surface area contributed by atoms with Crippen LogP contribution in [0, 0.1) is 15.9 Å². The lowest BCUT2D eigenvalue weighted by Crippen LogP contribution is -2.31. The second-order valence-corrected chi connectivity index (χ2v) is 10.4. The Morgan fingerprint density at radius 1 is 1.18 bits per heavy atom. The predicted molar refractivity (Wildman–Crippen MR) is 152 cm³/mol. The van der Waals surface area contributed by atoms with Crippen LogP contribution < -0.4 is 20.3 Å². The van der Waals surface area contributed by atoms with Crippen molar-refractivity contribution in [2.75, 3.05) is 55.9 Å². The third-order valence-corrected chi connectivity index (χ3v) is 6.93. The molecule has 0 spiro atoms. The largest absolute Gasteiger partial charge is 0.494 e. The molecule has 14 heteroatoms. The number of methoxy groups -OCH3 is 1. The second-order valence-electron chi connectivity index (χ2n) is 10.0. The molecule has 1 aliphatic heterocycles. The molecule has 214 valence electrons. The number of halogens is 2. The van der Waals surface area contributed by atoms with Gasteiger partial charge in [0.25, 0.3) is 5.69 Å². The van der Waals surface area contributed by atoms with Gasteiger partial charge in [-0.25, -0.2) is 14.4 Å². The molecule has 0 amide bonds. The number of ether oxygens (including phenoxy) is 1. The summed E-state index contributed by atoms with van der Waals surface area (Å²) in [5, 5.41) is 28.2. The molecule has 0 atom stereocenters. The van der Waals surface area contributed by atoms with Crippen molar-refractivity contribution >= 4 is 46.2 Å². The molecule has 40 heavy (non-hydrogen) atoms. The minimum atomic E-state index is -1.39. The summed E-state index contributed by atoms with van der Waals surface area (Å²) < 4.78 is 19.6. The molecule has 4 rings (SSSR count). The van der Waals surface area contributed by atoms with Crippen molar-refractivity contribution in [1.82, 2.24) is 19.9 Å². The highest BCUT2D eigenvalue weighted by atomic mass is 35.5. The van der Waals surface area contributed by atoms with E-state index in [9.17, 15) is 19.6 Å². The number of rotatable bonds is 11. The van der Waals surface area contributed by atoms with Gasteiger partial charge in [-0.05, 0) is 51.9 Å². The number of benzene rings is 2. The van der Waals surface area contributed by atoms with Gasteiger partial charge < -0.3 is 30.3 Å². The van der Waals surface area contributed by atoms with E-state index < -0.39 is 16.3 Å². The van der Waals surface area contributed by atoms with Crippen LogP contribution in [0.5, 0.6) is 5.75 Å². The first-order chi connectivity index (χ1) is 19.0. The first-order valence-corrected chi connectivity index (χ1v) is 13.1. The smallest absolute Gasteiger partial charge is 0.294 e. The van der Waals surface area contributed by atoms with Crippen molar-refractivity contribution in [3.05, 3.63) is 57.1 Å². The van der Waals surface area contributed by atoms with Crippen LogP contribution >= 0.6 is 11.6 Å². The van der Waals surface area contributed by atoms with Crippen LogP contribution in [-0.4, -0.2) is 70.2 Å². The van der Waals surface area contributed by atoms with Crippen molar-refractivity contribution in [2.24, 2.45) is 0 Å². The Bertz CT molecular complexity index is 1380. The molecule has 1 saturated heterocycles. The lowest BCUT2D eigenvalue weighted by Gasteiger charge is -2.24. The molecule has 0 bridgehead atoms. The molecular formula is C26H32ClFN8O4. The van der Waals surface area contributed by atoms with E-state index in [4.69, 9.17) is 16.3 Å². The standard InChI is InChI=1S/C26H32ClFN8O4/c1-26(2,37)16-11-18(28)17(27)12-19(16)31-24-29-15-30-25(33-24)32-20-13-22(36(38)39)21(14-23(20)40-4)34(3)9-10-35-7-5-6-8-35/h11-15,37H,5-10H2,1-4H3,(H2,29,30,31,32,33). The highest BCUT2D eigenvalue weighted by molar-refractivity contribution is 6.31. The molecule has 2 heterocycles. The van der Waals surface area contributed by atoms with Crippen molar-refractivity contribution in [3.8, 4) is 5.75 Å². The first kappa shape index (κ1) is 29.2. The molecule has 3 aromatic rings.